The fourth-order valence-electron chi connectivity index (χ4n) is 0.941. The Labute approximate surface area is 87.5 Å². The van der Waals surface area contributed by atoms with E-state index in [9.17, 15) is 4.39 Å². The summed E-state index contributed by atoms with van der Waals surface area (Å²) >= 11 is 7.33. The summed E-state index contributed by atoms with van der Waals surface area (Å²) in [6.07, 6.45) is 0. The highest BCUT2D eigenvalue weighted by Gasteiger charge is 2.12. The molecule has 0 heterocycles. The van der Waals surface area contributed by atoms with Crippen molar-refractivity contribution in [1.29, 1.82) is 0 Å². The Morgan fingerprint density at radius 1 is 1.23 bits per heavy atom. The van der Waals surface area contributed by atoms with E-state index in [4.69, 9.17) is 11.6 Å². The summed E-state index contributed by atoms with van der Waals surface area (Å²) < 4.78 is 13.0. The van der Waals surface area contributed by atoms with Gasteiger partial charge in [0.25, 0.3) is 0 Å². The number of thioether (sulfide) groups is 1. The summed E-state index contributed by atoms with van der Waals surface area (Å²) in [5, 5.41) is 0.451. The highest BCUT2D eigenvalue weighted by molar-refractivity contribution is 8.00. The number of hydrogen-bond acceptors (Lipinski definition) is 1. The van der Waals surface area contributed by atoms with Crippen LogP contribution in [0.3, 0.4) is 0 Å². The van der Waals surface area contributed by atoms with E-state index >= 15 is 0 Å². The monoisotopic (exact) mass is 218 g/mol. The number of rotatable bonds is 1. The van der Waals surface area contributed by atoms with Gasteiger partial charge < -0.3 is 0 Å². The van der Waals surface area contributed by atoms with Crippen molar-refractivity contribution >= 4 is 23.4 Å². The minimum Gasteiger partial charge on any atom is -0.207 e. The number of benzene rings is 1. The highest BCUT2D eigenvalue weighted by Crippen LogP contribution is 2.33. The van der Waals surface area contributed by atoms with Gasteiger partial charge in [-0.3, -0.25) is 0 Å². The Morgan fingerprint density at radius 2 is 1.85 bits per heavy atom. The predicted molar refractivity (Wildman–Crippen MR) is 57.0 cm³/mol. The third kappa shape index (κ3) is 4.01. The van der Waals surface area contributed by atoms with Crippen molar-refractivity contribution in [1.82, 2.24) is 0 Å². The van der Waals surface area contributed by atoms with Crippen molar-refractivity contribution < 1.29 is 4.39 Å². The summed E-state index contributed by atoms with van der Waals surface area (Å²) in [6.45, 7) is 6.24. The second kappa shape index (κ2) is 3.89. The van der Waals surface area contributed by atoms with Gasteiger partial charge in [0.05, 0.1) is 0 Å². The number of halogens is 2. The molecule has 0 saturated heterocycles. The van der Waals surface area contributed by atoms with Gasteiger partial charge in [0.1, 0.15) is 5.82 Å². The van der Waals surface area contributed by atoms with Gasteiger partial charge in [-0.15, -0.1) is 11.8 Å². The van der Waals surface area contributed by atoms with Crippen molar-refractivity contribution in [3.8, 4) is 0 Å². The van der Waals surface area contributed by atoms with Crippen LogP contribution in [0.2, 0.25) is 5.02 Å². The van der Waals surface area contributed by atoms with E-state index in [0.29, 0.717) is 5.02 Å². The molecule has 72 valence electrons. The fourth-order valence-corrected chi connectivity index (χ4v) is 2.29. The zero-order valence-corrected chi connectivity index (χ0v) is 9.47. The third-order valence-corrected chi connectivity index (χ3v) is 2.56. The largest absolute Gasteiger partial charge is 0.207 e. The molecule has 0 radical (unpaired) electrons. The van der Waals surface area contributed by atoms with Crippen LogP contribution in [0.25, 0.3) is 0 Å². The molecule has 1 aromatic rings. The Bertz CT molecular complexity index is 284. The van der Waals surface area contributed by atoms with E-state index in [1.165, 1.54) is 12.1 Å². The van der Waals surface area contributed by atoms with Crippen molar-refractivity contribution in [2.75, 3.05) is 0 Å². The summed E-state index contributed by atoms with van der Waals surface area (Å²) in [4.78, 5) is 0.873. The Hall–Kier alpha value is -0.210. The Morgan fingerprint density at radius 3 is 2.31 bits per heavy atom. The first-order valence-electron chi connectivity index (χ1n) is 4.02. The maximum Gasteiger partial charge on any atom is 0.125 e. The van der Waals surface area contributed by atoms with Gasteiger partial charge in [-0.1, -0.05) is 32.4 Å². The normalized spacial score (nSPS) is 11.8. The maximum absolute atomic E-state index is 12.9. The van der Waals surface area contributed by atoms with Crippen LogP contribution in [0.5, 0.6) is 0 Å². The van der Waals surface area contributed by atoms with Crippen LogP contribution in [-0.4, -0.2) is 4.75 Å². The Balaban J connectivity index is 2.90. The van der Waals surface area contributed by atoms with E-state index in [1.807, 2.05) is 0 Å². The molecule has 0 aliphatic rings. The summed E-state index contributed by atoms with van der Waals surface area (Å²) in [5.74, 6) is -0.278. The van der Waals surface area contributed by atoms with Crippen molar-refractivity contribution in [3.63, 3.8) is 0 Å². The summed E-state index contributed by atoms with van der Waals surface area (Å²) in [5.41, 5.74) is 0. The molecular formula is C10H12ClFS. The average Bonchev–Trinajstić information content (AvgIpc) is 1.78. The standard InChI is InChI=1S/C10H12ClFS/c1-10(2,3)13-9-5-7(11)4-8(12)6-9/h4-6H,1-3H3. The molecule has 0 spiro atoms. The van der Waals surface area contributed by atoms with E-state index in [1.54, 1.807) is 17.8 Å². The highest BCUT2D eigenvalue weighted by atomic mass is 35.5. The Kier molecular flexibility index (Phi) is 3.25. The lowest BCUT2D eigenvalue weighted by Gasteiger charge is -2.17. The molecule has 0 aliphatic heterocycles. The van der Waals surface area contributed by atoms with Crippen LogP contribution >= 0.6 is 23.4 Å². The molecule has 0 fully saturated rings. The van der Waals surface area contributed by atoms with Gasteiger partial charge in [0, 0.05) is 14.7 Å². The number of hydrogen-bond donors (Lipinski definition) is 0. The van der Waals surface area contributed by atoms with Gasteiger partial charge in [0.2, 0.25) is 0 Å². The first-order valence-corrected chi connectivity index (χ1v) is 5.21. The van der Waals surface area contributed by atoms with Gasteiger partial charge in [-0.05, 0) is 18.2 Å². The molecule has 0 aliphatic carbocycles. The smallest absolute Gasteiger partial charge is 0.125 e. The van der Waals surface area contributed by atoms with Crippen molar-refractivity contribution in [2.24, 2.45) is 0 Å². The van der Waals surface area contributed by atoms with Crippen LogP contribution in [0.15, 0.2) is 23.1 Å². The van der Waals surface area contributed by atoms with Crippen LogP contribution in [-0.2, 0) is 0 Å². The lowest BCUT2D eigenvalue weighted by atomic mass is 10.3. The molecule has 0 aromatic heterocycles. The molecule has 1 rings (SSSR count). The molecule has 0 atom stereocenters. The molecule has 1 aromatic carbocycles. The van der Waals surface area contributed by atoms with E-state index in [-0.39, 0.29) is 10.6 Å². The van der Waals surface area contributed by atoms with Gasteiger partial charge >= 0.3 is 0 Å². The topological polar surface area (TPSA) is 0 Å². The minimum absolute atomic E-state index is 0.0805. The van der Waals surface area contributed by atoms with Crippen LogP contribution in [0.4, 0.5) is 4.39 Å². The van der Waals surface area contributed by atoms with E-state index < -0.39 is 0 Å². The molecule has 0 bridgehead atoms. The van der Waals surface area contributed by atoms with Crippen molar-refractivity contribution in [2.45, 2.75) is 30.4 Å². The molecule has 0 N–H and O–H groups in total. The van der Waals surface area contributed by atoms with Crippen LogP contribution in [0, 0.1) is 5.82 Å². The molecule has 13 heavy (non-hydrogen) atoms. The zero-order valence-electron chi connectivity index (χ0n) is 7.90. The van der Waals surface area contributed by atoms with Gasteiger partial charge in [-0.2, -0.15) is 0 Å². The first kappa shape index (κ1) is 10.9. The third-order valence-electron chi connectivity index (χ3n) is 1.26. The molecule has 0 nitrogen and oxygen atoms in total. The van der Waals surface area contributed by atoms with Crippen LogP contribution < -0.4 is 0 Å². The van der Waals surface area contributed by atoms with Gasteiger partial charge in [0.15, 0.2) is 0 Å². The summed E-state index contributed by atoms with van der Waals surface area (Å²) in [7, 11) is 0. The summed E-state index contributed by atoms with van der Waals surface area (Å²) in [6, 6.07) is 4.59. The fraction of sp³-hybridized carbons (Fsp3) is 0.400. The van der Waals surface area contributed by atoms with Crippen LogP contribution in [0.1, 0.15) is 20.8 Å². The molecular weight excluding hydrogens is 207 g/mol. The lowest BCUT2D eigenvalue weighted by molar-refractivity contribution is 0.624. The molecule has 3 heteroatoms. The van der Waals surface area contributed by atoms with Gasteiger partial charge in [-0.25, -0.2) is 4.39 Å². The van der Waals surface area contributed by atoms with E-state index in [2.05, 4.69) is 20.8 Å². The van der Waals surface area contributed by atoms with Crippen molar-refractivity contribution in [3.05, 3.63) is 29.0 Å². The first-order chi connectivity index (χ1) is 5.87. The molecule has 0 unspecified atom stereocenters. The minimum atomic E-state index is -0.278. The average molecular weight is 219 g/mol. The second-order valence-electron chi connectivity index (χ2n) is 3.82. The lowest BCUT2D eigenvalue weighted by Crippen LogP contribution is -2.06. The zero-order chi connectivity index (χ0) is 10.1. The quantitative estimate of drug-likeness (QED) is 0.631. The maximum atomic E-state index is 12.9. The van der Waals surface area contributed by atoms with E-state index in [0.717, 1.165) is 4.90 Å². The molecule has 0 saturated carbocycles. The molecule has 0 amide bonds. The second-order valence-corrected chi connectivity index (χ2v) is 6.16. The predicted octanol–water partition coefficient (Wildman–Crippen LogP) is 4.37. The SMILES string of the molecule is CC(C)(C)Sc1cc(F)cc(Cl)c1.